The molecule has 0 aliphatic carbocycles. The lowest BCUT2D eigenvalue weighted by atomic mass is 10.1. The molecule has 0 bridgehead atoms. The standard InChI is InChI=1S/C23H24N8O/c1-2-16(19-4-9-32-21(19)3-1)12-26-23-27-14-20(22-29-28-15-31(22)23)17-10-18(13-25-11-17)30-7-5-24-6-8-30/h1-3,10-11,13-15,24H,4-9,12H2,(H,26,27). The molecule has 32 heavy (non-hydrogen) atoms. The van der Waals surface area contributed by atoms with E-state index in [4.69, 9.17) is 9.72 Å². The van der Waals surface area contributed by atoms with Crippen molar-refractivity contribution in [3.63, 3.8) is 0 Å². The molecule has 2 aliphatic heterocycles. The lowest BCUT2D eigenvalue weighted by Crippen LogP contribution is -2.43. The molecule has 5 heterocycles. The number of benzene rings is 1. The fourth-order valence-electron chi connectivity index (χ4n) is 4.46. The zero-order valence-electron chi connectivity index (χ0n) is 17.7. The van der Waals surface area contributed by atoms with Crippen LogP contribution in [0.5, 0.6) is 5.75 Å². The second-order valence-corrected chi connectivity index (χ2v) is 8.03. The summed E-state index contributed by atoms with van der Waals surface area (Å²) in [5.41, 5.74) is 6.25. The van der Waals surface area contributed by atoms with Crippen LogP contribution in [0.2, 0.25) is 0 Å². The molecular weight excluding hydrogens is 404 g/mol. The van der Waals surface area contributed by atoms with E-state index in [1.54, 1.807) is 6.33 Å². The average Bonchev–Trinajstić information content (AvgIpc) is 3.53. The summed E-state index contributed by atoms with van der Waals surface area (Å²) in [4.78, 5) is 11.5. The third-order valence-electron chi connectivity index (χ3n) is 6.13. The van der Waals surface area contributed by atoms with Crippen LogP contribution in [-0.2, 0) is 13.0 Å². The van der Waals surface area contributed by atoms with Gasteiger partial charge in [0.2, 0.25) is 5.95 Å². The summed E-state index contributed by atoms with van der Waals surface area (Å²) >= 11 is 0. The summed E-state index contributed by atoms with van der Waals surface area (Å²) in [6.07, 6.45) is 8.26. The van der Waals surface area contributed by atoms with E-state index >= 15 is 0 Å². The number of rotatable bonds is 5. The van der Waals surface area contributed by atoms with E-state index in [1.165, 1.54) is 11.1 Å². The summed E-state index contributed by atoms with van der Waals surface area (Å²) < 4.78 is 7.58. The van der Waals surface area contributed by atoms with Crippen LogP contribution < -0.4 is 20.3 Å². The topological polar surface area (TPSA) is 92.5 Å². The Balaban J connectivity index is 1.29. The van der Waals surface area contributed by atoms with Crippen molar-refractivity contribution in [1.29, 1.82) is 0 Å². The Morgan fingerprint density at radius 1 is 1.12 bits per heavy atom. The maximum absolute atomic E-state index is 5.69. The number of nitrogens with one attached hydrogen (secondary N) is 2. The summed E-state index contributed by atoms with van der Waals surface area (Å²) in [6, 6.07) is 8.35. The summed E-state index contributed by atoms with van der Waals surface area (Å²) in [5, 5.41) is 15.4. The molecule has 2 aliphatic rings. The molecule has 0 radical (unpaired) electrons. The van der Waals surface area contributed by atoms with E-state index < -0.39 is 0 Å². The van der Waals surface area contributed by atoms with Gasteiger partial charge in [0.15, 0.2) is 5.65 Å². The van der Waals surface area contributed by atoms with Crippen molar-refractivity contribution in [3.8, 4) is 16.9 Å². The first-order chi connectivity index (χ1) is 15.9. The van der Waals surface area contributed by atoms with E-state index in [-0.39, 0.29) is 0 Å². The number of hydrogen-bond donors (Lipinski definition) is 2. The normalized spacial score (nSPS) is 15.6. The fraction of sp³-hybridized carbons (Fsp3) is 0.304. The van der Waals surface area contributed by atoms with E-state index in [9.17, 15) is 0 Å². The first kappa shape index (κ1) is 19.0. The average molecular weight is 429 g/mol. The lowest BCUT2D eigenvalue weighted by molar-refractivity contribution is 0.357. The van der Waals surface area contributed by atoms with Gasteiger partial charge >= 0.3 is 0 Å². The highest BCUT2D eigenvalue weighted by Gasteiger charge is 2.17. The lowest BCUT2D eigenvalue weighted by Gasteiger charge is -2.29. The van der Waals surface area contributed by atoms with Gasteiger partial charge in [-0.2, -0.15) is 0 Å². The second kappa shape index (κ2) is 8.08. The van der Waals surface area contributed by atoms with Gasteiger partial charge in [-0.1, -0.05) is 12.1 Å². The van der Waals surface area contributed by atoms with Crippen LogP contribution in [0, 0.1) is 0 Å². The Bertz CT molecular complexity index is 1260. The number of ether oxygens (including phenoxy) is 1. The number of anilines is 2. The zero-order chi connectivity index (χ0) is 21.3. The molecule has 4 aromatic rings. The van der Waals surface area contributed by atoms with Gasteiger partial charge in [0, 0.05) is 68.2 Å². The third-order valence-corrected chi connectivity index (χ3v) is 6.13. The van der Waals surface area contributed by atoms with E-state index in [1.807, 2.05) is 35.1 Å². The second-order valence-electron chi connectivity index (χ2n) is 8.03. The summed E-state index contributed by atoms with van der Waals surface area (Å²) in [5.74, 6) is 1.69. The number of aromatic nitrogens is 5. The quantitative estimate of drug-likeness (QED) is 0.500. The van der Waals surface area contributed by atoms with E-state index in [0.29, 0.717) is 12.5 Å². The van der Waals surface area contributed by atoms with Gasteiger partial charge in [-0.3, -0.25) is 9.38 Å². The molecule has 1 fully saturated rings. The fourth-order valence-corrected chi connectivity index (χ4v) is 4.46. The molecule has 2 N–H and O–H groups in total. The smallest absolute Gasteiger partial charge is 0.210 e. The van der Waals surface area contributed by atoms with Crippen molar-refractivity contribution in [2.45, 2.75) is 13.0 Å². The molecule has 162 valence electrons. The van der Waals surface area contributed by atoms with Gasteiger partial charge in [0.1, 0.15) is 12.1 Å². The van der Waals surface area contributed by atoms with Gasteiger partial charge in [0.25, 0.3) is 0 Å². The predicted octanol–water partition coefficient (Wildman–Crippen LogP) is 2.14. The maximum atomic E-state index is 5.69. The molecule has 1 aromatic carbocycles. The van der Waals surface area contributed by atoms with Crippen molar-refractivity contribution in [1.82, 2.24) is 29.9 Å². The Kier molecular flexibility index (Phi) is 4.80. The first-order valence-corrected chi connectivity index (χ1v) is 10.9. The minimum atomic E-state index is 0.659. The summed E-state index contributed by atoms with van der Waals surface area (Å²) in [7, 11) is 0. The van der Waals surface area contributed by atoms with Crippen molar-refractivity contribution < 1.29 is 4.74 Å². The molecule has 1 saturated heterocycles. The van der Waals surface area contributed by atoms with E-state index in [2.05, 4.69) is 42.8 Å². The Hall–Kier alpha value is -3.72. The molecular formula is C23H24N8O. The molecule has 0 atom stereocenters. The number of hydrogen-bond acceptors (Lipinski definition) is 8. The summed E-state index contributed by atoms with van der Waals surface area (Å²) in [6.45, 7) is 5.32. The van der Waals surface area contributed by atoms with Gasteiger partial charge in [-0.25, -0.2) is 4.98 Å². The van der Waals surface area contributed by atoms with Crippen molar-refractivity contribution in [2.24, 2.45) is 0 Å². The van der Waals surface area contributed by atoms with Crippen molar-refractivity contribution in [3.05, 3.63) is 60.3 Å². The van der Waals surface area contributed by atoms with Crippen LogP contribution in [0.4, 0.5) is 11.6 Å². The SMILES string of the molecule is c1cc(CNc2ncc(-c3cncc(N4CCNCC4)c3)c3nncn23)c2c(c1)OCC2. The monoisotopic (exact) mass is 428 g/mol. The molecule has 9 heteroatoms. The van der Waals surface area contributed by atoms with Crippen LogP contribution in [0.15, 0.2) is 49.2 Å². The molecule has 0 spiro atoms. The molecule has 0 saturated carbocycles. The highest BCUT2D eigenvalue weighted by Crippen LogP contribution is 2.30. The van der Waals surface area contributed by atoms with Gasteiger partial charge in [-0.05, 0) is 17.7 Å². The van der Waals surface area contributed by atoms with Crippen LogP contribution in [0.25, 0.3) is 16.8 Å². The molecule has 0 unspecified atom stereocenters. The maximum Gasteiger partial charge on any atom is 0.210 e. The van der Waals surface area contributed by atoms with Crippen LogP contribution >= 0.6 is 0 Å². The molecule has 6 rings (SSSR count). The Labute approximate surface area is 185 Å². The van der Waals surface area contributed by atoms with Crippen LogP contribution in [0.3, 0.4) is 0 Å². The molecule has 3 aromatic heterocycles. The largest absolute Gasteiger partial charge is 0.493 e. The van der Waals surface area contributed by atoms with Crippen molar-refractivity contribution in [2.75, 3.05) is 43.0 Å². The van der Waals surface area contributed by atoms with Crippen LogP contribution in [0.1, 0.15) is 11.1 Å². The molecule has 0 amide bonds. The highest BCUT2D eigenvalue weighted by molar-refractivity contribution is 5.79. The van der Waals surface area contributed by atoms with Crippen molar-refractivity contribution >= 4 is 17.3 Å². The highest BCUT2D eigenvalue weighted by atomic mass is 16.5. The van der Waals surface area contributed by atoms with Gasteiger partial charge in [0.05, 0.1) is 18.5 Å². The third kappa shape index (κ3) is 3.40. The number of fused-ring (bicyclic) bond motifs is 2. The minimum absolute atomic E-state index is 0.659. The Morgan fingerprint density at radius 2 is 2.06 bits per heavy atom. The number of nitrogens with zero attached hydrogens (tertiary/aromatic N) is 6. The molecule has 9 nitrogen and oxygen atoms in total. The Morgan fingerprint density at radius 3 is 3.00 bits per heavy atom. The van der Waals surface area contributed by atoms with E-state index in [0.717, 1.165) is 67.4 Å². The first-order valence-electron chi connectivity index (χ1n) is 10.9. The van der Waals surface area contributed by atoms with Crippen LogP contribution in [-0.4, -0.2) is 57.4 Å². The van der Waals surface area contributed by atoms with Gasteiger partial charge in [-0.15, -0.1) is 10.2 Å². The van der Waals surface area contributed by atoms with Gasteiger partial charge < -0.3 is 20.3 Å². The number of pyridine rings is 1. The number of piperazine rings is 1. The zero-order valence-corrected chi connectivity index (χ0v) is 17.7. The minimum Gasteiger partial charge on any atom is -0.493 e. The predicted molar refractivity (Wildman–Crippen MR) is 122 cm³/mol.